The molecule has 1 unspecified atom stereocenters. The second kappa shape index (κ2) is 9.02. The van der Waals surface area contributed by atoms with E-state index in [0.717, 1.165) is 0 Å². The molecule has 1 rings (SSSR count). The van der Waals surface area contributed by atoms with Gasteiger partial charge in [0.05, 0.1) is 5.02 Å². The van der Waals surface area contributed by atoms with Crippen LogP contribution in [0.3, 0.4) is 0 Å². The van der Waals surface area contributed by atoms with Crippen molar-refractivity contribution in [3.63, 3.8) is 0 Å². The number of nitrogens with one attached hydrogen (secondary N) is 1. The summed E-state index contributed by atoms with van der Waals surface area (Å²) in [6.07, 6.45) is 0.291. The second-order valence-corrected chi connectivity index (χ2v) is 5.16. The highest BCUT2D eigenvalue weighted by molar-refractivity contribution is 6.34. The average molecular weight is 321 g/mol. The summed E-state index contributed by atoms with van der Waals surface area (Å²) in [5.41, 5.74) is 5.01. The van der Waals surface area contributed by atoms with Gasteiger partial charge in [-0.15, -0.1) is 0 Å². The number of primary amides is 1. The minimum absolute atomic E-state index is 0.100. The van der Waals surface area contributed by atoms with E-state index < -0.39 is 6.10 Å². The number of aliphatic hydroxyl groups excluding tert-OH is 1. The Balaban J connectivity index is 2.21. The molecule has 0 aliphatic rings. The van der Waals surface area contributed by atoms with E-state index in [9.17, 15) is 9.90 Å². The Labute approximate surface area is 128 Å². The summed E-state index contributed by atoms with van der Waals surface area (Å²) in [5.74, 6) is 0.109. The predicted octanol–water partition coefficient (Wildman–Crippen LogP) is 1.59. The molecule has 0 saturated heterocycles. The first kappa shape index (κ1) is 17.0. The van der Waals surface area contributed by atoms with Gasteiger partial charge in [0.15, 0.2) is 0 Å². The molecule has 0 radical (unpaired) electrons. The standard InChI is InChI=1S/C13H18Cl2N2O3/c14-9-3-4-11(15)12(6-9)20-8-10(18)7-17-5-1-2-13(16)19/h3-4,6,10,17-18H,1-2,5,7-8H2,(H2,16,19). The number of amides is 1. The van der Waals surface area contributed by atoms with Crippen molar-refractivity contribution < 1.29 is 14.6 Å². The Morgan fingerprint density at radius 2 is 2.20 bits per heavy atom. The first-order chi connectivity index (χ1) is 9.49. The van der Waals surface area contributed by atoms with Crippen molar-refractivity contribution in [1.29, 1.82) is 0 Å². The van der Waals surface area contributed by atoms with Crippen LogP contribution >= 0.6 is 23.2 Å². The number of aliphatic hydroxyl groups is 1. The monoisotopic (exact) mass is 320 g/mol. The van der Waals surface area contributed by atoms with Crippen molar-refractivity contribution in [2.24, 2.45) is 5.73 Å². The number of benzene rings is 1. The van der Waals surface area contributed by atoms with Crippen LogP contribution in [0, 0.1) is 0 Å². The average Bonchev–Trinajstić information content (AvgIpc) is 2.39. The lowest BCUT2D eigenvalue weighted by Crippen LogP contribution is -2.32. The highest BCUT2D eigenvalue weighted by Gasteiger charge is 2.08. The maximum absolute atomic E-state index is 10.5. The van der Waals surface area contributed by atoms with Crippen LogP contribution in [0.5, 0.6) is 5.75 Å². The Hall–Kier alpha value is -1.01. The molecule has 0 fully saturated rings. The topological polar surface area (TPSA) is 84.6 Å². The van der Waals surface area contributed by atoms with Gasteiger partial charge in [0.1, 0.15) is 18.5 Å². The van der Waals surface area contributed by atoms with E-state index in [1.54, 1.807) is 18.2 Å². The molecule has 5 nitrogen and oxygen atoms in total. The molecule has 1 aromatic rings. The fraction of sp³-hybridized carbons (Fsp3) is 0.462. The molecule has 0 saturated carbocycles. The fourth-order valence-electron chi connectivity index (χ4n) is 1.49. The SMILES string of the molecule is NC(=O)CCCNCC(O)COc1cc(Cl)ccc1Cl. The predicted molar refractivity (Wildman–Crippen MR) is 79.3 cm³/mol. The summed E-state index contributed by atoms with van der Waals surface area (Å²) in [6, 6.07) is 4.89. The zero-order valence-corrected chi connectivity index (χ0v) is 12.5. The third-order valence-corrected chi connectivity index (χ3v) is 3.03. The molecule has 0 bridgehead atoms. The van der Waals surface area contributed by atoms with Crippen molar-refractivity contribution in [2.75, 3.05) is 19.7 Å². The van der Waals surface area contributed by atoms with E-state index in [0.29, 0.717) is 41.7 Å². The van der Waals surface area contributed by atoms with Gasteiger partial charge in [-0.3, -0.25) is 4.79 Å². The number of hydrogen-bond acceptors (Lipinski definition) is 4. The van der Waals surface area contributed by atoms with Gasteiger partial charge in [0.2, 0.25) is 5.91 Å². The second-order valence-electron chi connectivity index (χ2n) is 4.31. The first-order valence-corrected chi connectivity index (χ1v) is 6.99. The van der Waals surface area contributed by atoms with Crippen LogP contribution in [0.15, 0.2) is 18.2 Å². The molecule has 20 heavy (non-hydrogen) atoms. The largest absolute Gasteiger partial charge is 0.489 e. The maximum Gasteiger partial charge on any atom is 0.217 e. The van der Waals surface area contributed by atoms with Gasteiger partial charge in [0.25, 0.3) is 0 Å². The van der Waals surface area contributed by atoms with Crippen molar-refractivity contribution in [2.45, 2.75) is 18.9 Å². The summed E-state index contributed by atoms with van der Waals surface area (Å²) in [7, 11) is 0. The van der Waals surface area contributed by atoms with Crippen LogP contribution < -0.4 is 15.8 Å². The lowest BCUT2D eigenvalue weighted by molar-refractivity contribution is -0.118. The van der Waals surface area contributed by atoms with Gasteiger partial charge < -0.3 is 20.9 Å². The maximum atomic E-state index is 10.5. The quantitative estimate of drug-likeness (QED) is 0.603. The van der Waals surface area contributed by atoms with Crippen molar-refractivity contribution in [1.82, 2.24) is 5.32 Å². The summed E-state index contributed by atoms with van der Waals surface area (Å²) >= 11 is 11.8. The summed E-state index contributed by atoms with van der Waals surface area (Å²) < 4.78 is 5.39. The normalized spacial score (nSPS) is 12.2. The van der Waals surface area contributed by atoms with Gasteiger partial charge >= 0.3 is 0 Å². The molecule has 0 heterocycles. The van der Waals surface area contributed by atoms with Gasteiger partial charge in [-0.1, -0.05) is 23.2 Å². The van der Waals surface area contributed by atoms with Gasteiger partial charge in [-0.2, -0.15) is 0 Å². The molecule has 0 aromatic heterocycles. The van der Waals surface area contributed by atoms with Crippen molar-refractivity contribution in [3.8, 4) is 5.75 Å². The Bertz CT molecular complexity index is 444. The van der Waals surface area contributed by atoms with E-state index in [1.165, 1.54) is 0 Å². The van der Waals surface area contributed by atoms with E-state index in [1.807, 2.05) is 0 Å². The lowest BCUT2D eigenvalue weighted by atomic mass is 10.3. The van der Waals surface area contributed by atoms with Gasteiger partial charge in [-0.25, -0.2) is 0 Å². The zero-order valence-electron chi connectivity index (χ0n) is 10.9. The highest BCUT2D eigenvalue weighted by Crippen LogP contribution is 2.27. The number of halogens is 2. The van der Waals surface area contributed by atoms with Crippen LogP contribution in [-0.2, 0) is 4.79 Å². The molecule has 1 amide bonds. The molecule has 112 valence electrons. The summed E-state index contributed by atoms with van der Waals surface area (Å²) in [4.78, 5) is 10.5. The van der Waals surface area contributed by atoms with Crippen molar-refractivity contribution >= 4 is 29.1 Å². The summed E-state index contributed by atoms with van der Waals surface area (Å²) in [6.45, 7) is 1.07. The molecular weight excluding hydrogens is 303 g/mol. The zero-order chi connectivity index (χ0) is 15.0. The van der Waals surface area contributed by atoms with Crippen LogP contribution in [0.1, 0.15) is 12.8 Å². The van der Waals surface area contributed by atoms with Crippen molar-refractivity contribution in [3.05, 3.63) is 28.2 Å². The Morgan fingerprint density at radius 1 is 1.45 bits per heavy atom. The van der Waals surface area contributed by atoms with E-state index in [-0.39, 0.29) is 12.5 Å². The fourth-order valence-corrected chi connectivity index (χ4v) is 1.82. The van der Waals surface area contributed by atoms with E-state index >= 15 is 0 Å². The van der Waals surface area contributed by atoms with Crippen LogP contribution in [0.25, 0.3) is 0 Å². The minimum Gasteiger partial charge on any atom is -0.489 e. The Kier molecular flexibility index (Phi) is 7.69. The smallest absolute Gasteiger partial charge is 0.217 e. The lowest BCUT2D eigenvalue weighted by Gasteiger charge is -2.14. The van der Waals surface area contributed by atoms with Crippen LogP contribution in [0.4, 0.5) is 0 Å². The number of ether oxygens (including phenoxy) is 1. The van der Waals surface area contributed by atoms with Crippen LogP contribution in [-0.4, -0.2) is 36.8 Å². The molecule has 0 spiro atoms. The molecule has 0 aliphatic heterocycles. The molecule has 4 N–H and O–H groups in total. The molecule has 0 aliphatic carbocycles. The Morgan fingerprint density at radius 3 is 2.90 bits per heavy atom. The van der Waals surface area contributed by atoms with E-state index in [4.69, 9.17) is 33.7 Å². The summed E-state index contributed by atoms with van der Waals surface area (Å²) in [5, 5.41) is 13.7. The van der Waals surface area contributed by atoms with Crippen LogP contribution in [0.2, 0.25) is 10.0 Å². The molecule has 1 aromatic carbocycles. The number of carbonyl (C=O) groups excluding carboxylic acids is 1. The highest BCUT2D eigenvalue weighted by atomic mass is 35.5. The number of carbonyl (C=O) groups is 1. The number of rotatable bonds is 9. The third-order valence-electron chi connectivity index (χ3n) is 2.48. The van der Waals surface area contributed by atoms with Gasteiger partial charge in [0, 0.05) is 24.1 Å². The third kappa shape index (κ3) is 6.96. The van der Waals surface area contributed by atoms with E-state index in [2.05, 4.69) is 5.32 Å². The molecular formula is C13H18Cl2N2O3. The van der Waals surface area contributed by atoms with Gasteiger partial charge in [-0.05, 0) is 25.1 Å². The molecule has 1 atom stereocenters. The first-order valence-electron chi connectivity index (χ1n) is 6.24. The molecule has 7 heteroatoms. The number of hydrogen-bond donors (Lipinski definition) is 3. The number of nitrogens with two attached hydrogens (primary N) is 1. The minimum atomic E-state index is -0.682.